The molecule has 2 heteroatoms. The van der Waals surface area contributed by atoms with Crippen LogP contribution in [0, 0.1) is 11.8 Å². The fourth-order valence-electron chi connectivity index (χ4n) is 2.25. The first-order valence-corrected chi connectivity index (χ1v) is 6.70. The normalized spacial score (nSPS) is 17.7. The third-order valence-corrected chi connectivity index (χ3v) is 3.29. The topological polar surface area (TPSA) is 29.5 Å². The van der Waals surface area contributed by atoms with Crippen molar-refractivity contribution in [2.24, 2.45) is 0 Å². The second-order valence-electron chi connectivity index (χ2n) is 4.80. The van der Waals surface area contributed by atoms with Gasteiger partial charge < -0.3 is 9.84 Å². The number of hydrogen-bond acceptors (Lipinski definition) is 2. The molecule has 2 nitrogen and oxygen atoms in total. The summed E-state index contributed by atoms with van der Waals surface area (Å²) in [5.74, 6) is 6.96. The lowest BCUT2D eigenvalue weighted by molar-refractivity contribution is 0.0610. The average molecular weight is 244 g/mol. The predicted molar refractivity (Wildman–Crippen MR) is 72.5 cm³/mol. The van der Waals surface area contributed by atoms with Crippen LogP contribution < -0.4 is 4.74 Å². The van der Waals surface area contributed by atoms with Gasteiger partial charge in [0.05, 0.1) is 6.61 Å². The maximum atomic E-state index is 10.3. The van der Waals surface area contributed by atoms with Gasteiger partial charge in [0.1, 0.15) is 11.4 Å². The highest BCUT2D eigenvalue weighted by Gasteiger charge is 2.26. The Balaban J connectivity index is 2.04. The molecule has 1 fully saturated rings. The van der Waals surface area contributed by atoms with Crippen molar-refractivity contribution in [2.45, 2.75) is 44.6 Å². The monoisotopic (exact) mass is 244 g/mol. The van der Waals surface area contributed by atoms with Gasteiger partial charge >= 0.3 is 0 Å². The summed E-state index contributed by atoms with van der Waals surface area (Å²) in [6, 6.07) is 7.70. The lowest BCUT2D eigenvalue weighted by Crippen LogP contribution is -2.29. The summed E-state index contributed by atoms with van der Waals surface area (Å²) in [7, 11) is 0. The smallest absolute Gasteiger partial charge is 0.125 e. The molecule has 18 heavy (non-hydrogen) atoms. The highest BCUT2D eigenvalue weighted by Crippen LogP contribution is 2.27. The molecule has 1 aromatic rings. The van der Waals surface area contributed by atoms with Gasteiger partial charge in [-0.15, -0.1) is 0 Å². The van der Waals surface area contributed by atoms with Crippen LogP contribution in [0.25, 0.3) is 0 Å². The molecule has 96 valence electrons. The first-order valence-electron chi connectivity index (χ1n) is 6.70. The van der Waals surface area contributed by atoms with Crippen molar-refractivity contribution >= 4 is 0 Å². The van der Waals surface area contributed by atoms with E-state index in [1.807, 2.05) is 31.2 Å². The third kappa shape index (κ3) is 3.51. The molecule has 1 aliphatic rings. The van der Waals surface area contributed by atoms with Crippen LogP contribution in [0.15, 0.2) is 24.3 Å². The van der Waals surface area contributed by atoms with Crippen LogP contribution in [-0.2, 0) is 0 Å². The minimum Gasteiger partial charge on any atom is -0.494 e. The van der Waals surface area contributed by atoms with Gasteiger partial charge in [-0.2, -0.15) is 0 Å². The van der Waals surface area contributed by atoms with E-state index in [4.69, 9.17) is 4.74 Å². The first kappa shape index (κ1) is 13.0. The Morgan fingerprint density at radius 1 is 1.17 bits per heavy atom. The van der Waals surface area contributed by atoms with Crippen molar-refractivity contribution in [1.29, 1.82) is 0 Å². The number of ether oxygens (including phenoxy) is 1. The zero-order valence-electron chi connectivity index (χ0n) is 10.9. The van der Waals surface area contributed by atoms with Crippen molar-refractivity contribution in [3.8, 4) is 17.6 Å². The van der Waals surface area contributed by atoms with Crippen molar-refractivity contribution < 1.29 is 9.84 Å². The van der Waals surface area contributed by atoms with Crippen LogP contribution in [-0.4, -0.2) is 17.3 Å². The summed E-state index contributed by atoms with van der Waals surface area (Å²) in [6.07, 6.45) is 4.98. The summed E-state index contributed by atoms with van der Waals surface area (Å²) in [4.78, 5) is 0. The van der Waals surface area contributed by atoms with Gasteiger partial charge in [0.25, 0.3) is 0 Å². The zero-order chi connectivity index (χ0) is 12.8. The van der Waals surface area contributed by atoms with Crippen molar-refractivity contribution in [3.05, 3.63) is 29.8 Å². The van der Waals surface area contributed by atoms with E-state index in [0.717, 1.165) is 37.0 Å². The molecule has 1 saturated carbocycles. The molecular formula is C16H20O2. The molecule has 0 aromatic heterocycles. The highest BCUT2D eigenvalue weighted by atomic mass is 16.5. The molecule has 0 saturated heterocycles. The Bertz CT molecular complexity index is 430. The molecule has 0 heterocycles. The van der Waals surface area contributed by atoms with E-state index in [2.05, 4.69) is 11.8 Å². The van der Waals surface area contributed by atoms with E-state index < -0.39 is 5.60 Å². The molecule has 1 N–H and O–H groups in total. The molecule has 0 radical (unpaired) electrons. The Morgan fingerprint density at radius 2 is 1.83 bits per heavy atom. The van der Waals surface area contributed by atoms with Gasteiger partial charge in [-0.25, -0.2) is 0 Å². The van der Waals surface area contributed by atoms with Gasteiger partial charge in [0.2, 0.25) is 0 Å². The maximum absolute atomic E-state index is 10.3. The van der Waals surface area contributed by atoms with Crippen LogP contribution in [0.1, 0.15) is 44.6 Å². The molecule has 1 aliphatic carbocycles. The predicted octanol–water partition coefficient (Wildman–Crippen LogP) is 3.13. The van der Waals surface area contributed by atoms with Crippen LogP contribution in [0.2, 0.25) is 0 Å². The average Bonchev–Trinajstić information content (AvgIpc) is 2.39. The first-order chi connectivity index (χ1) is 8.72. The Labute approximate surface area is 109 Å². The van der Waals surface area contributed by atoms with Crippen LogP contribution in [0.3, 0.4) is 0 Å². The van der Waals surface area contributed by atoms with Gasteiger partial charge in [-0.1, -0.05) is 18.3 Å². The molecule has 0 amide bonds. The molecule has 2 rings (SSSR count). The highest BCUT2D eigenvalue weighted by molar-refractivity contribution is 5.39. The summed E-state index contributed by atoms with van der Waals surface area (Å²) in [6.45, 7) is 2.64. The minimum atomic E-state index is -0.767. The summed E-state index contributed by atoms with van der Waals surface area (Å²) in [5.41, 5.74) is 0.161. The maximum Gasteiger partial charge on any atom is 0.125 e. The van der Waals surface area contributed by atoms with E-state index in [1.54, 1.807) is 0 Å². The lowest BCUT2D eigenvalue weighted by atomic mass is 9.85. The zero-order valence-corrected chi connectivity index (χ0v) is 10.9. The van der Waals surface area contributed by atoms with Crippen molar-refractivity contribution in [1.82, 2.24) is 0 Å². The van der Waals surface area contributed by atoms with Crippen LogP contribution >= 0.6 is 0 Å². The van der Waals surface area contributed by atoms with Crippen molar-refractivity contribution in [3.63, 3.8) is 0 Å². The van der Waals surface area contributed by atoms with Crippen LogP contribution in [0.5, 0.6) is 5.75 Å². The van der Waals surface area contributed by atoms with Gasteiger partial charge in [-0.05, 0) is 56.9 Å². The molecule has 0 spiro atoms. The quantitative estimate of drug-likeness (QED) is 0.810. The van der Waals surface area contributed by atoms with E-state index in [1.165, 1.54) is 6.42 Å². The van der Waals surface area contributed by atoms with Gasteiger partial charge in [-0.3, -0.25) is 0 Å². The van der Waals surface area contributed by atoms with Crippen molar-refractivity contribution in [2.75, 3.05) is 6.61 Å². The Kier molecular flexibility index (Phi) is 4.28. The molecule has 0 unspecified atom stereocenters. The lowest BCUT2D eigenvalue weighted by Gasteiger charge is -2.26. The van der Waals surface area contributed by atoms with E-state index in [9.17, 15) is 5.11 Å². The molecule has 0 aliphatic heterocycles. The summed E-state index contributed by atoms with van der Waals surface area (Å²) < 4.78 is 5.38. The molecule has 1 aromatic carbocycles. The van der Waals surface area contributed by atoms with E-state index in [-0.39, 0.29) is 0 Å². The number of aliphatic hydroxyl groups is 1. The standard InChI is InChI=1S/C16H20O2/c1-2-18-15-8-6-14(7-9-15)10-13-16(17)11-4-3-5-12-16/h6-9,17H,2-5,11-12H2,1H3. The molecular weight excluding hydrogens is 224 g/mol. The second-order valence-corrected chi connectivity index (χ2v) is 4.80. The largest absolute Gasteiger partial charge is 0.494 e. The third-order valence-electron chi connectivity index (χ3n) is 3.29. The molecule has 0 bridgehead atoms. The minimum absolute atomic E-state index is 0.671. The van der Waals surface area contributed by atoms with E-state index >= 15 is 0 Å². The summed E-state index contributed by atoms with van der Waals surface area (Å²) >= 11 is 0. The number of benzene rings is 1. The fraction of sp³-hybridized carbons (Fsp3) is 0.500. The number of rotatable bonds is 2. The Hall–Kier alpha value is -1.46. The van der Waals surface area contributed by atoms with Crippen LogP contribution in [0.4, 0.5) is 0 Å². The fourth-order valence-corrected chi connectivity index (χ4v) is 2.25. The van der Waals surface area contributed by atoms with E-state index in [0.29, 0.717) is 6.61 Å². The second kappa shape index (κ2) is 5.93. The number of hydrogen-bond donors (Lipinski definition) is 1. The SMILES string of the molecule is CCOc1ccc(C#CC2(O)CCCCC2)cc1. The molecule has 0 atom stereocenters. The summed E-state index contributed by atoms with van der Waals surface area (Å²) in [5, 5.41) is 10.3. The Morgan fingerprint density at radius 3 is 2.44 bits per heavy atom. The van der Waals surface area contributed by atoms with Gasteiger partial charge in [0, 0.05) is 5.56 Å². The van der Waals surface area contributed by atoms with Gasteiger partial charge in [0.15, 0.2) is 0 Å².